The highest BCUT2D eigenvalue weighted by Gasteiger charge is 1.97. The molecule has 0 rings (SSSR count). The summed E-state index contributed by atoms with van der Waals surface area (Å²) in [5.41, 5.74) is 4.79. The molecular formula is C10H23NO3. The van der Waals surface area contributed by atoms with Crippen LogP contribution < -0.4 is 5.73 Å². The zero-order valence-electron chi connectivity index (χ0n) is 9.36. The molecule has 0 saturated heterocycles. The molecule has 1 atom stereocenters. The topological polar surface area (TPSA) is 83.6 Å². The number of nitrogens with two attached hydrogens (primary N) is 1. The molecule has 0 aliphatic rings. The predicted octanol–water partition coefficient (Wildman–Crippen LogP) is 0.658. The number of amides is 1. The highest BCUT2D eigenvalue weighted by Crippen LogP contribution is 1.94. The Hall–Kier alpha value is -0.610. The summed E-state index contributed by atoms with van der Waals surface area (Å²) in [6.07, 6.45) is 1.26. The van der Waals surface area contributed by atoms with Gasteiger partial charge in [0.15, 0.2) is 0 Å². The average molecular weight is 205 g/mol. The number of hydrogen-bond acceptors (Lipinski definition) is 3. The molecular weight excluding hydrogens is 182 g/mol. The molecule has 4 N–H and O–H groups in total. The Morgan fingerprint density at radius 2 is 1.79 bits per heavy atom. The van der Waals surface area contributed by atoms with Crippen LogP contribution >= 0.6 is 0 Å². The maximum Gasteiger partial charge on any atom is 0.217 e. The molecule has 4 heteroatoms. The van der Waals surface area contributed by atoms with Crippen molar-refractivity contribution in [1.29, 1.82) is 0 Å². The second kappa shape index (κ2) is 10.5. The van der Waals surface area contributed by atoms with Crippen LogP contribution in [-0.2, 0) is 4.79 Å². The fourth-order valence-corrected chi connectivity index (χ4v) is 0.609. The fourth-order valence-electron chi connectivity index (χ4n) is 0.609. The van der Waals surface area contributed by atoms with Crippen molar-refractivity contribution < 1.29 is 15.0 Å². The molecule has 0 bridgehead atoms. The summed E-state index contributed by atoms with van der Waals surface area (Å²) in [5, 5.41) is 16.8. The van der Waals surface area contributed by atoms with Crippen LogP contribution in [0.2, 0.25) is 0 Å². The lowest BCUT2D eigenvalue weighted by molar-refractivity contribution is -0.118. The maximum absolute atomic E-state index is 10.0. The summed E-state index contributed by atoms with van der Waals surface area (Å²) >= 11 is 0. The van der Waals surface area contributed by atoms with E-state index in [0.29, 0.717) is 18.9 Å². The quantitative estimate of drug-likeness (QED) is 0.616. The van der Waals surface area contributed by atoms with Crippen molar-refractivity contribution in [3.05, 3.63) is 0 Å². The molecule has 0 heterocycles. The lowest BCUT2D eigenvalue weighted by Gasteiger charge is -1.97. The number of primary amides is 1. The van der Waals surface area contributed by atoms with Crippen molar-refractivity contribution in [3.8, 4) is 0 Å². The van der Waals surface area contributed by atoms with Crippen molar-refractivity contribution in [3.63, 3.8) is 0 Å². The standard InChI is InChI=1S/C5H11NO2.C5H12O/c1-4(7)2-3-5(6)8;1-5(2)3-4-6/h4,7H,2-3H2,1H3,(H2,6,8);5-6H,3-4H2,1-2H3. The van der Waals surface area contributed by atoms with E-state index in [9.17, 15) is 4.79 Å². The highest BCUT2D eigenvalue weighted by atomic mass is 16.3. The van der Waals surface area contributed by atoms with Crippen LogP contribution in [-0.4, -0.2) is 28.8 Å². The third-order valence-electron chi connectivity index (χ3n) is 1.51. The molecule has 1 unspecified atom stereocenters. The smallest absolute Gasteiger partial charge is 0.217 e. The SMILES string of the molecule is CC(C)CCO.CC(O)CCC(N)=O. The average Bonchev–Trinajstić information content (AvgIpc) is 2.01. The fraction of sp³-hybridized carbons (Fsp3) is 0.900. The largest absolute Gasteiger partial charge is 0.396 e. The number of hydrogen-bond donors (Lipinski definition) is 3. The van der Waals surface area contributed by atoms with Crippen molar-refractivity contribution in [2.45, 2.75) is 46.1 Å². The molecule has 14 heavy (non-hydrogen) atoms. The van der Waals surface area contributed by atoms with E-state index in [2.05, 4.69) is 13.8 Å². The highest BCUT2D eigenvalue weighted by molar-refractivity contribution is 5.73. The summed E-state index contributed by atoms with van der Waals surface area (Å²) < 4.78 is 0. The van der Waals surface area contributed by atoms with Gasteiger partial charge in [-0.05, 0) is 25.7 Å². The summed E-state index contributed by atoms with van der Waals surface area (Å²) in [7, 11) is 0. The first-order valence-electron chi connectivity index (χ1n) is 4.97. The van der Waals surface area contributed by atoms with Crippen molar-refractivity contribution in [2.75, 3.05) is 6.61 Å². The Kier molecular flexibility index (Phi) is 11.9. The molecule has 0 aromatic rings. The lowest BCUT2D eigenvalue weighted by atomic mass is 10.2. The van der Waals surface area contributed by atoms with Gasteiger partial charge in [-0.25, -0.2) is 0 Å². The molecule has 0 saturated carbocycles. The van der Waals surface area contributed by atoms with Gasteiger partial charge in [0.05, 0.1) is 6.10 Å². The van der Waals surface area contributed by atoms with E-state index >= 15 is 0 Å². The van der Waals surface area contributed by atoms with Crippen LogP contribution in [0.15, 0.2) is 0 Å². The molecule has 0 spiro atoms. The monoisotopic (exact) mass is 205 g/mol. The Bertz CT molecular complexity index is 135. The minimum atomic E-state index is -0.414. The van der Waals surface area contributed by atoms with Crippen molar-refractivity contribution in [2.24, 2.45) is 11.7 Å². The minimum Gasteiger partial charge on any atom is -0.396 e. The Morgan fingerprint density at radius 3 is 1.86 bits per heavy atom. The van der Waals surface area contributed by atoms with Gasteiger partial charge >= 0.3 is 0 Å². The van der Waals surface area contributed by atoms with Gasteiger partial charge < -0.3 is 15.9 Å². The zero-order valence-corrected chi connectivity index (χ0v) is 9.36. The van der Waals surface area contributed by atoms with Crippen LogP contribution in [0.3, 0.4) is 0 Å². The first-order valence-corrected chi connectivity index (χ1v) is 4.97. The summed E-state index contributed by atoms with van der Waals surface area (Å²) in [5.74, 6) is 0.293. The molecule has 0 fully saturated rings. The Balaban J connectivity index is 0. The normalized spacial score (nSPS) is 11.9. The van der Waals surface area contributed by atoms with Gasteiger partial charge in [-0.3, -0.25) is 4.79 Å². The van der Waals surface area contributed by atoms with Gasteiger partial charge in [0, 0.05) is 13.0 Å². The van der Waals surface area contributed by atoms with Gasteiger partial charge in [-0.15, -0.1) is 0 Å². The molecule has 0 radical (unpaired) electrons. The molecule has 86 valence electrons. The van der Waals surface area contributed by atoms with Gasteiger partial charge in [0.2, 0.25) is 5.91 Å². The number of carbonyl (C=O) groups excluding carboxylic acids is 1. The molecule has 1 amide bonds. The Labute approximate surface area is 86.1 Å². The van der Waals surface area contributed by atoms with E-state index in [1.165, 1.54) is 0 Å². The molecule has 0 aliphatic heterocycles. The molecule has 0 aliphatic carbocycles. The van der Waals surface area contributed by atoms with E-state index in [0.717, 1.165) is 6.42 Å². The number of aliphatic hydroxyl groups is 2. The van der Waals surface area contributed by atoms with E-state index in [1.54, 1.807) is 6.92 Å². The van der Waals surface area contributed by atoms with E-state index < -0.39 is 6.10 Å². The molecule has 0 aromatic carbocycles. The first kappa shape index (κ1) is 15.8. The van der Waals surface area contributed by atoms with Crippen molar-refractivity contribution in [1.82, 2.24) is 0 Å². The third kappa shape index (κ3) is 22.5. The molecule has 4 nitrogen and oxygen atoms in total. The Morgan fingerprint density at radius 1 is 1.29 bits per heavy atom. The van der Waals surface area contributed by atoms with Gasteiger partial charge in [-0.1, -0.05) is 13.8 Å². The molecule has 0 aromatic heterocycles. The van der Waals surface area contributed by atoms with Crippen LogP contribution in [0, 0.1) is 5.92 Å². The van der Waals surface area contributed by atoms with E-state index in [4.69, 9.17) is 15.9 Å². The number of rotatable bonds is 5. The van der Waals surface area contributed by atoms with Gasteiger partial charge in [-0.2, -0.15) is 0 Å². The summed E-state index contributed by atoms with van der Waals surface area (Å²) in [4.78, 5) is 10.0. The van der Waals surface area contributed by atoms with Crippen molar-refractivity contribution >= 4 is 5.91 Å². The predicted molar refractivity (Wildman–Crippen MR) is 56.7 cm³/mol. The zero-order chi connectivity index (χ0) is 11.6. The second-order valence-corrected chi connectivity index (χ2v) is 3.76. The van der Waals surface area contributed by atoms with Gasteiger partial charge in [0.1, 0.15) is 0 Å². The third-order valence-corrected chi connectivity index (χ3v) is 1.51. The van der Waals surface area contributed by atoms with Gasteiger partial charge in [0.25, 0.3) is 0 Å². The lowest BCUT2D eigenvalue weighted by Crippen LogP contribution is -2.13. The maximum atomic E-state index is 10.0. The van der Waals surface area contributed by atoms with Crippen LogP contribution in [0.25, 0.3) is 0 Å². The summed E-state index contributed by atoms with van der Waals surface area (Å²) in [6, 6.07) is 0. The van der Waals surface area contributed by atoms with Crippen LogP contribution in [0.5, 0.6) is 0 Å². The first-order chi connectivity index (χ1) is 6.40. The van der Waals surface area contributed by atoms with E-state index in [1.807, 2.05) is 0 Å². The number of carbonyl (C=O) groups is 1. The number of aliphatic hydroxyl groups excluding tert-OH is 2. The van der Waals surface area contributed by atoms with Crippen LogP contribution in [0.4, 0.5) is 0 Å². The van der Waals surface area contributed by atoms with E-state index in [-0.39, 0.29) is 12.3 Å². The summed E-state index contributed by atoms with van der Waals surface area (Å²) in [6.45, 7) is 6.15. The minimum absolute atomic E-state index is 0.275. The second-order valence-electron chi connectivity index (χ2n) is 3.76. The van der Waals surface area contributed by atoms with Crippen LogP contribution in [0.1, 0.15) is 40.0 Å².